The number of rotatable bonds is 9. The van der Waals surface area contributed by atoms with E-state index in [9.17, 15) is 18.4 Å². The van der Waals surface area contributed by atoms with E-state index in [1.807, 2.05) is 37.1 Å². The molecule has 1 aromatic rings. The number of carbonyl (C=O) groups is 2. The van der Waals surface area contributed by atoms with Crippen molar-refractivity contribution in [2.24, 2.45) is 5.92 Å². The smallest absolute Gasteiger partial charge is 0.257 e. The highest BCUT2D eigenvalue weighted by Gasteiger charge is 2.32. The minimum atomic E-state index is -2.65. The maximum atomic E-state index is 13.4. The van der Waals surface area contributed by atoms with Crippen molar-refractivity contribution in [3.05, 3.63) is 44.2 Å². The lowest BCUT2D eigenvalue weighted by Crippen LogP contribution is -2.41. The fourth-order valence-corrected chi connectivity index (χ4v) is 6.88. The molecule has 182 valence electrons. The fourth-order valence-electron chi connectivity index (χ4n) is 5.51. The van der Waals surface area contributed by atoms with Crippen LogP contribution in [0.1, 0.15) is 92.9 Å². The highest BCUT2D eigenvalue weighted by Crippen LogP contribution is 2.41. The Labute approximate surface area is 200 Å². The van der Waals surface area contributed by atoms with E-state index in [4.69, 9.17) is 0 Å². The zero-order chi connectivity index (χ0) is 24.3. The Kier molecular flexibility index (Phi) is 8.44. The molecule has 0 aromatic carbocycles. The molecule has 0 spiro atoms. The van der Waals surface area contributed by atoms with Gasteiger partial charge in [-0.15, -0.1) is 11.3 Å². The predicted molar refractivity (Wildman–Crippen MR) is 132 cm³/mol. The van der Waals surface area contributed by atoms with E-state index in [1.54, 1.807) is 11.3 Å². The number of hydrogen-bond acceptors (Lipinski definition) is 4. The van der Waals surface area contributed by atoms with Crippen LogP contribution >= 0.6 is 11.3 Å². The lowest BCUT2D eigenvalue weighted by atomic mass is 9.80. The van der Waals surface area contributed by atoms with E-state index in [1.165, 1.54) is 4.88 Å². The molecule has 3 nitrogen and oxygen atoms in total. The summed E-state index contributed by atoms with van der Waals surface area (Å²) in [6.07, 6.45) is 6.16. The molecule has 33 heavy (non-hydrogen) atoms. The van der Waals surface area contributed by atoms with Gasteiger partial charge in [-0.1, -0.05) is 18.6 Å². The van der Waals surface area contributed by atoms with Crippen molar-refractivity contribution in [1.29, 1.82) is 0 Å². The summed E-state index contributed by atoms with van der Waals surface area (Å²) < 4.78 is 26.7. The average molecular weight is 478 g/mol. The number of alkyl halides is 2. The van der Waals surface area contributed by atoms with E-state index < -0.39 is 5.92 Å². The third-order valence-electron chi connectivity index (χ3n) is 7.17. The standard InChI is InChI=1S/C27H37F2NO2S/c1-6-21(20-9-11-30(12-10-20)16-27(5,28)29)26-19(4)23(15-33-26)24(31)8-7-22-18(3)13-17(2)14-25(22)32/h13,15,20-21H,6-12,14,16H2,1-5H3/t21-/m1/s1. The number of carbonyl (C=O) groups excluding carboxylic acids is 2. The van der Waals surface area contributed by atoms with Crippen molar-refractivity contribution < 1.29 is 18.4 Å². The van der Waals surface area contributed by atoms with Gasteiger partial charge >= 0.3 is 0 Å². The normalized spacial score (nSPS) is 19.7. The monoisotopic (exact) mass is 477 g/mol. The first-order chi connectivity index (χ1) is 15.5. The van der Waals surface area contributed by atoms with E-state index >= 15 is 0 Å². The van der Waals surface area contributed by atoms with E-state index in [0.29, 0.717) is 44.2 Å². The molecule has 0 saturated carbocycles. The number of halogens is 2. The number of likely N-dealkylation sites (tertiary alicyclic amines) is 1. The quantitative estimate of drug-likeness (QED) is 0.356. The van der Waals surface area contributed by atoms with Gasteiger partial charge in [-0.2, -0.15) is 0 Å². The van der Waals surface area contributed by atoms with Crippen molar-refractivity contribution in [2.75, 3.05) is 19.6 Å². The Balaban J connectivity index is 1.65. The van der Waals surface area contributed by atoms with Crippen LogP contribution in [0, 0.1) is 12.8 Å². The first-order valence-electron chi connectivity index (χ1n) is 12.1. The van der Waals surface area contributed by atoms with Crippen LogP contribution < -0.4 is 0 Å². The van der Waals surface area contributed by atoms with Crippen LogP contribution in [0.3, 0.4) is 0 Å². The molecule has 0 bridgehead atoms. The van der Waals surface area contributed by atoms with Gasteiger partial charge in [0.15, 0.2) is 11.6 Å². The zero-order valence-electron chi connectivity index (χ0n) is 20.6. The van der Waals surface area contributed by atoms with Gasteiger partial charge in [0.1, 0.15) is 0 Å². The lowest BCUT2D eigenvalue weighted by Gasteiger charge is -2.36. The van der Waals surface area contributed by atoms with E-state index in [-0.39, 0.29) is 18.1 Å². The number of allylic oxidation sites excluding steroid dienone is 4. The predicted octanol–water partition coefficient (Wildman–Crippen LogP) is 7.12. The van der Waals surface area contributed by atoms with Gasteiger partial charge in [-0.25, -0.2) is 8.78 Å². The summed E-state index contributed by atoms with van der Waals surface area (Å²) >= 11 is 1.66. The van der Waals surface area contributed by atoms with Crippen LogP contribution in [0.4, 0.5) is 8.78 Å². The molecule has 1 fully saturated rings. The molecular weight excluding hydrogens is 440 g/mol. The Morgan fingerprint density at radius 3 is 2.48 bits per heavy atom. The van der Waals surface area contributed by atoms with Gasteiger partial charge in [-0.3, -0.25) is 14.5 Å². The number of nitrogens with zero attached hydrogens (tertiary/aromatic N) is 1. The summed E-state index contributed by atoms with van der Waals surface area (Å²) in [5, 5.41) is 1.98. The summed E-state index contributed by atoms with van der Waals surface area (Å²) in [5.74, 6) is -1.59. The zero-order valence-corrected chi connectivity index (χ0v) is 21.4. The maximum absolute atomic E-state index is 13.4. The maximum Gasteiger partial charge on any atom is 0.257 e. The van der Waals surface area contributed by atoms with Crippen molar-refractivity contribution in [1.82, 2.24) is 4.90 Å². The summed E-state index contributed by atoms with van der Waals surface area (Å²) in [6, 6.07) is 0. The highest BCUT2D eigenvalue weighted by atomic mass is 32.1. The van der Waals surface area contributed by atoms with Crippen LogP contribution in [0.15, 0.2) is 28.2 Å². The summed E-state index contributed by atoms with van der Waals surface area (Å²) in [5.41, 5.74) is 4.70. The molecule has 0 N–H and O–H groups in total. The van der Waals surface area contributed by atoms with Crippen LogP contribution in [0.2, 0.25) is 0 Å². The third kappa shape index (κ3) is 6.48. The minimum absolute atomic E-state index is 0.101. The molecule has 0 amide bonds. The first-order valence-corrected chi connectivity index (χ1v) is 13.0. The van der Waals surface area contributed by atoms with E-state index in [2.05, 4.69) is 6.92 Å². The van der Waals surface area contributed by atoms with Crippen LogP contribution in [0.25, 0.3) is 0 Å². The molecule has 1 aromatic heterocycles. The first kappa shape index (κ1) is 26.0. The fraction of sp³-hybridized carbons (Fsp3) is 0.630. The molecule has 1 aliphatic heterocycles. The third-order valence-corrected chi connectivity index (χ3v) is 8.39. The van der Waals surface area contributed by atoms with Crippen LogP contribution in [-0.4, -0.2) is 42.0 Å². The second-order valence-electron chi connectivity index (χ2n) is 10.0. The number of thiophene rings is 1. The number of ketones is 2. The molecule has 6 heteroatoms. The van der Waals surface area contributed by atoms with Crippen molar-refractivity contribution >= 4 is 22.9 Å². The average Bonchev–Trinajstić information content (AvgIpc) is 3.09. The molecule has 1 aliphatic carbocycles. The molecule has 0 unspecified atom stereocenters. The molecule has 2 heterocycles. The Morgan fingerprint density at radius 2 is 1.91 bits per heavy atom. The molecule has 1 saturated heterocycles. The lowest BCUT2D eigenvalue weighted by molar-refractivity contribution is -0.115. The van der Waals surface area contributed by atoms with Crippen LogP contribution in [0.5, 0.6) is 0 Å². The van der Waals surface area contributed by atoms with Gasteiger partial charge in [0.05, 0.1) is 6.54 Å². The van der Waals surface area contributed by atoms with Gasteiger partial charge in [0, 0.05) is 35.6 Å². The summed E-state index contributed by atoms with van der Waals surface area (Å²) in [7, 11) is 0. The second kappa shape index (κ2) is 10.7. The topological polar surface area (TPSA) is 37.4 Å². The van der Waals surface area contributed by atoms with Crippen molar-refractivity contribution in [3.63, 3.8) is 0 Å². The van der Waals surface area contributed by atoms with Gasteiger partial charge in [-0.05, 0) is 88.1 Å². The largest absolute Gasteiger partial charge is 0.297 e. The van der Waals surface area contributed by atoms with Crippen molar-refractivity contribution in [3.8, 4) is 0 Å². The highest BCUT2D eigenvalue weighted by molar-refractivity contribution is 7.10. The molecule has 1 atom stereocenters. The molecular formula is C27H37F2NO2S. The Morgan fingerprint density at radius 1 is 1.24 bits per heavy atom. The number of piperidine rings is 1. The van der Waals surface area contributed by atoms with Gasteiger partial charge < -0.3 is 0 Å². The number of Topliss-reactive ketones (excluding diaryl/α,β-unsaturated/α-hetero) is 2. The van der Waals surface area contributed by atoms with Crippen molar-refractivity contribution in [2.45, 2.75) is 85.0 Å². The minimum Gasteiger partial charge on any atom is -0.297 e. The summed E-state index contributed by atoms with van der Waals surface area (Å²) in [4.78, 5) is 28.6. The molecule has 0 radical (unpaired) electrons. The number of hydrogen-bond donors (Lipinski definition) is 0. The van der Waals surface area contributed by atoms with Crippen LogP contribution in [-0.2, 0) is 4.79 Å². The second-order valence-corrected chi connectivity index (χ2v) is 10.9. The SMILES string of the molecule is CC[C@@H](c1scc(C(=O)CCC2=C(C)C=C(C)CC2=O)c1C)C1CCN(CC(C)(F)F)CC1. The van der Waals surface area contributed by atoms with Gasteiger partial charge in [0.25, 0.3) is 5.92 Å². The Hall–Kier alpha value is -1.66. The molecule has 2 aliphatic rings. The Bertz CT molecular complexity index is 946. The molecule has 3 rings (SSSR count). The van der Waals surface area contributed by atoms with Gasteiger partial charge in [0.2, 0.25) is 0 Å². The summed E-state index contributed by atoms with van der Waals surface area (Å²) in [6.45, 7) is 10.4. The van der Waals surface area contributed by atoms with E-state index in [0.717, 1.165) is 54.0 Å².